The number of fused-ring (bicyclic) bond motifs is 1. The van der Waals surface area contributed by atoms with Gasteiger partial charge in [0, 0.05) is 12.0 Å². The molecule has 9 nitrogen and oxygen atoms in total. The molecule has 10 heteroatoms. The van der Waals surface area contributed by atoms with Gasteiger partial charge in [0.05, 0.1) is 66.0 Å². The van der Waals surface area contributed by atoms with Gasteiger partial charge in [-0.15, -0.1) is 11.3 Å². The van der Waals surface area contributed by atoms with Crippen molar-refractivity contribution in [2.45, 2.75) is 116 Å². The average molecular weight is 1010 g/mol. The van der Waals surface area contributed by atoms with Gasteiger partial charge in [-0.1, -0.05) is 107 Å². The molecule has 2 aliphatic rings. The van der Waals surface area contributed by atoms with Gasteiger partial charge in [-0.3, -0.25) is 0 Å². The zero-order valence-electron chi connectivity index (χ0n) is 43.4. The SMILES string of the molecule is CCCc1ccc(C(=O)OCCC2(/C=C/c3ccc(-c4ccc(C#N)cc4)cc3)CCC(C#Cc3nc4ccc(CCC)cc4s3)(OC(=O)c3ccc(OCCCCCCOCC4(CC)COC4)cc3)CC2)cc1. The molecule has 0 atom stereocenters. The molecule has 0 spiro atoms. The van der Waals surface area contributed by atoms with Gasteiger partial charge in [-0.2, -0.15) is 5.26 Å². The van der Waals surface area contributed by atoms with Crippen LogP contribution in [0, 0.1) is 34.0 Å². The molecule has 1 aromatic heterocycles. The zero-order chi connectivity index (χ0) is 51.6. The van der Waals surface area contributed by atoms with Crippen LogP contribution >= 0.6 is 11.3 Å². The Balaban J connectivity index is 0.962. The number of carbonyl (C=O) groups is 2. The first kappa shape index (κ1) is 53.7. The minimum Gasteiger partial charge on any atom is -0.494 e. The quantitative estimate of drug-likeness (QED) is 0.0332. The molecule has 1 saturated carbocycles. The average Bonchev–Trinajstić information content (AvgIpc) is 3.84. The fourth-order valence-corrected chi connectivity index (χ4v) is 10.6. The van der Waals surface area contributed by atoms with E-state index in [0.29, 0.717) is 66.2 Å². The highest BCUT2D eigenvalue weighted by atomic mass is 32.1. The van der Waals surface area contributed by atoms with Crippen LogP contribution in [-0.4, -0.2) is 62.2 Å². The minimum atomic E-state index is -1.09. The van der Waals surface area contributed by atoms with Crippen LogP contribution < -0.4 is 4.74 Å². The van der Waals surface area contributed by atoms with Crippen LogP contribution in [0.1, 0.15) is 146 Å². The van der Waals surface area contributed by atoms with Gasteiger partial charge in [0.2, 0.25) is 0 Å². The molecule has 0 bridgehead atoms. The Hall–Kier alpha value is -6.56. The highest BCUT2D eigenvalue weighted by molar-refractivity contribution is 7.19. The Labute approximate surface area is 442 Å². The van der Waals surface area contributed by atoms with Crippen molar-refractivity contribution in [3.05, 3.63) is 160 Å². The van der Waals surface area contributed by atoms with E-state index in [2.05, 4.69) is 93.3 Å². The lowest BCUT2D eigenvalue weighted by molar-refractivity contribution is -0.150. The molecule has 6 aromatic rings. The summed E-state index contributed by atoms with van der Waals surface area (Å²) in [5, 5.41) is 9.96. The van der Waals surface area contributed by atoms with Gasteiger partial charge in [-0.05, 0) is 176 Å². The van der Waals surface area contributed by atoms with E-state index in [0.717, 1.165) is 111 Å². The van der Waals surface area contributed by atoms with E-state index in [4.69, 9.17) is 28.7 Å². The van der Waals surface area contributed by atoms with E-state index in [1.165, 1.54) is 11.1 Å². The second kappa shape index (κ2) is 26.1. The molecule has 1 aliphatic heterocycles. The Morgan fingerprint density at radius 2 is 1.38 bits per heavy atom. The van der Waals surface area contributed by atoms with E-state index in [-0.39, 0.29) is 18.0 Å². The Bertz CT molecular complexity index is 2900. The molecule has 2 fully saturated rings. The van der Waals surface area contributed by atoms with Gasteiger partial charge in [0.15, 0.2) is 10.6 Å². The molecular weight excluding hydrogens is 941 g/mol. The van der Waals surface area contributed by atoms with Crippen LogP contribution in [0.2, 0.25) is 0 Å². The van der Waals surface area contributed by atoms with Gasteiger partial charge in [0.25, 0.3) is 0 Å². The molecule has 0 N–H and O–H groups in total. The first-order valence-corrected chi connectivity index (χ1v) is 27.5. The number of hydrogen-bond acceptors (Lipinski definition) is 10. The Kier molecular flexibility index (Phi) is 18.9. The summed E-state index contributed by atoms with van der Waals surface area (Å²) in [5.41, 5.74) is 6.81. The number of allylic oxidation sites excluding steroid dienone is 1. The lowest BCUT2D eigenvalue weighted by Crippen LogP contribution is -2.45. The first-order chi connectivity index (χ1) is 36.1. The maximum atomic E-state index is 14.2. The Morgan fingerprint density at radius 1 is 0.730 bits per heavy atom. The number of esters is 2. The summed E-state index contributed by atoms with van der Waals surface area (Å²) in [6.45, 7) is 10.5. The number of carbonyl (C=O) groups excluding carboxylic acids is 2. The number of ether oxygens (including phenoxy) is 5. The standard InChI is InChI=1S/C64H70N2O7S/c1-4-11-48-15-24-54(25-16-48)60(67)72-42-39-63(33-31-49-13-20-52(21-14-49)53-22-17-51(44-65)18-23-53)35-37-64(38-36-63,34-32-59-66-57-30-19-50(12-5-2)43-58(57)74-59)73-61(68)55-26-28-56(29-27-55)71-41-10-8-7-9-40-69-45-62(6-3)46-70-47-62/h13-31,33,43H,4-12,35-42,45-47H2,1-3H3/b33-31+. The third-order valence-electron chi connectivity index (χ3n) is 14.7. The van der Waals surface area contributed by atoms with Crippen LogP contribution in [0.3, 0.4) is 0 Å². The fourth-order valence-electron chi connectivity index (χ4n) is 9.70. The van der Waals surface area contributed by atoms with Gasteiger partial charge < -0.3 is 23.7 Å². The minimum absolute atomic E-state index is 0.223. The zero-order valence-corrected chi connectivity index (χ0v) is 44.2. The second-order valence-corrected chi connectivity index (χ2v) is 21.3. The van der Waals surface area contributed by atoms with Crippen LogP contribution in [0.25, 0.3) is 27.4 Å². The smallest absolute Gasteiger partial charge is 0.339 e. The monoisotopic (exact) mass is 1010 g/mol. The van der Waals surface area contributed by atoms with E-state index in [9.17, 15) is 14.9 Å². The number of unbranched alkanes of at least 4 members (excludes halogenated alkanes) is 3. The predicted octanol–water partition coefficient (Wildman–Crippen LogP) is 14.6. The summed E-state index contributed by atoms with van der Waals surface area (Å²) in [6.07, 6.45) is 16.4. The van der Waals surface area contributed by atoms with Crippen molar-refractivity contribution < 1.29 is 33.3 Å². The number of aryl methyl sites for hydroxylation is 2. The maximum absolute atomic E-state index is 14.2. The lowest BCUT2D eigenvalue weighted by Gasteiger charge is -2.42. The van der Waals surface area contributed by atoms with Crippen molar-refractivity contribution in [3.63, 3.8) is 0 Å². The molecule has 8 rings (SSSR count). The van der Waals surface area contributed by atoms with E-state index < -0.39 is 17.0 Å². The van der Waals surface area contributed by atoms with Crippen molar-refractivity contribution in [3.8, 4) is 34.8 Å². The topological polar surface area (TPSA) is 117 Å². The van der Waals surface area contributed by atoms with E-state index >= 15 is 0 Å². The highest BCUT2D eigenvalue weighted by Crippen LogP contribution is 2.47. The van der Waals surface area contributed by atoms with Gasteiger partial charge in [0.1, 0.15) is 5.75 Å². The molecule has 74 heavy (non-hydrogen) atoms. The summed E-state index contributed by atoms with van der Waals surface area (Å²) in [6, 6.07) is 39.4. The van der Waals surface area contributed by atoms with Crippen LogP contribution in [-0.2, 0) is 31.8 Å². The third kappa shape index (κ3) is 14.6. The number of rotatable bonds is 24. The molecule has 2 heterocycles. The summed E-state index contributed by atoms with van der Waals surface area (Å²) >= 11 is 1.56. The number of thiazole rings is 1. The largest absolute Gasteiger partial charge is 0.494 e. The number of aromatic nitrogens is 1. The van der Waals surface area contributed by atoms with Crippen molar-refractivity contribution in [1.29, 1.82) is 5.26 Å². The van der Waals surface area contributed by atoms with Crippen molar-refractivity contribution >= 4 is 39.6 Å². The summed E-state index contributed by atoms with van der Waals surface area (Å²) in [5.74, 6) is 6.76. The Morgan fingerprint density at radius 3 is 2.04 bits per heavy atom. The number of hydrogen-bond donors (Lipinski definition) is 0. The maximum Gasteiger partial charge on any atom is 0.339 e. The molecule has 0 radical (unpaired) electrons. The van der Waals surface area contributed by atoms with E-state index in [1.54, 1.807) is 23.5 Å². The van der Waals surface area contributed by atoms with Crippen molar-refractivity contribution in [1.82, 2.24) is 4.98 Å². The second-order valence-electron chi connectivity index (χ2n) is 20.2. The molecule has 1 saturated heterocycles. The number of nitriles is 1. The number of benzene rings is 5. The van der Waals surface area contributed by atoms with Crippen molar-refractivity contribution in [2.75, 3.05) is 39.6 Å². The molecule has 0 amide bonds. The fraction of sp³-hybridized carbons (Fsp3) is 0.406. The van der Waals surface area contributed by atoms with Crippen LogP contribution in [0.5, 0.6) is 5.75 Å². The number of nitrogens with zero attached hydrogens (tertiary/aromatic N) is 2. The van der Waals surface area contributed by atoms with Crippen LogP contribution in [0.4, 0.5) is 0 Å². The normalized spacial score (nSPS) is 18.0. The van der Waals surface area contributed by atoms with E-state index in [1.807, 2.05) is 60.7 Å². The first-order valence-electron chi connectivity index (χ1n) is 26.7. The van der Waals surface area contributed by atoms with Gasteiger partial charge in [-0.25, -0.2) is 14.6 Å². The molecule has 384 valence electrons. The highest BCUT2D eigenvalue weighted by Gasteiger charge is 2.44. The predicted molar refractivity (Wildman–Crippen MR) is 295 cm³/mol. The summed E-state index contributed by atoms with van der Waals surface area (Å²) in [4.78, 5) is 32.4. The lowest BCUT2D eigenvalue weighted by atomic mass is 9.66. The van der Waals surface area contributed by atoms with Crippen LogP contribution in [0.15, 0.2) is 121 Å². The molecular formula is C64H70N2O7S. The third-order valence-corrected chi connectivity index (χ3v) is 15.6. The van der Waals surface area contributed by atoms with Crippen molar-refractivity contribution in [2.24, 2.45) is 10.8 Å². The van der Waals surface area contributed by atoms with Gasteiger partial charge >= 0.3 is 11.9 Å². The molecule has 5 aromatic carbocycles. The summed E-state index contributed by atoms with van der Waals surface area (Å²) in [7, 11) is 0. The molecule has 0 unspecified atom stereocenters. The molecule has 1 aliphatic carbocycles. The summed E-state index contributed by atoms with van der Waals surface area (Å²) < 4.78 is 31.1.